The van der Waals surface area contributed by atoms with E-state index in [0.717, 1.165) is 6.08 Å². The van der Waals surface area contributed by atoms with E-state index in [2.05, 4.69) is 21.5 Å². The fourth-order valence-electron chi connectivity index (χ4n) is 1.13. The van der Waals surface area contributed by atoms with Crippen LogP contribution in [0.5, 0.6) is 5.75 Å². The summed E-state index contributed by atoms with van der Waals surface area (Å²) in [6.07, 6.45) is 1.09. The highest BCUT2D eigenvalue weighted by Crippen LogP contribution is 2.29. The summed E-state index contributed by atoms with van der Waals surface area (Å²) >= 11 is 0. The van der Waals surface area contributed by atoms with Crippen molar-refractivity contribution < 1.29 is 22.5 Å². The van der Waals surface area contributed by atoms with Crippen LogP contribution in [0, 0.1) is 0 Å². The molecule has 0 aliphatic rings. The van der Waals surface area contributed by atoms with Crippen LogP contribution in [0.2, 0.25) is 0 Å². The van der Waals surface area contributed by atoms with Gasteiger partial charge in [-0.1, -0.05) is 6.58 Å². The number of carbonyl (C=O) groups is 1. The van der Waals surface area contributed by atoms with Crippen LogP contribution in [-0.4, -0.2) is 26.0 Å². The molecule has 0 spiro atoms. The Morgan fingerprint density at radius 2 is 2.21 bits per heavy atom. The highest BCUT2D eigenvalue weighted by atomic mass is 32.2. The van der Waals surface area contributed by atoms with Crippen molar-refractivity contribution in [1.29, 1.82) is 0 Å². The van der Waals surface area contributed by atoms with Crippen LogP contribution in [0.3, 0.4) is 0 Å². The van der Waals surface area contributed by atoms with Gasteiger partial charge in [-0.2, -0.15) is 8.42 Å². The summed E-state index contributed by atoms with van der Waals surface area (Å²) in [6.45, 7) is 3.31. The summed E-state index contributed by atoms with van der Waals surface area (Å²) in [7, 11) is -3.18. The maximum absolute atomic E-state index is 11.2. The Labute approximate surface area is 109 Å². The molecule has 9 heteroatoms. The van der Waals surface area contributed by atoms with Gasteiger partial charge in [0, 0.05) is 6.07 Å². The highest BCUT2D eigenvalue weighted by molar-refractivity contribution is 7.84. The van der Waals surface area contributed by atoms with Crippen molar-refractivity contribution in [1.82, 2.24) is 0 Å². The van der Waals surface area contributed by atoms with Gasteiger partial charge in [-0.25, -0.2) is 0 Å². The second-order valence-electron chi connectivity index (χ2n) is 3.21. The third kappa shape index (κ3) is 4.85. The Morgan fingerprint density at radius 1 is 1.53 bits per heavy atom. The Hall–Kier alpha value is -2.26. The maximum atomic E-state index is 11.2. The molecule has 0 aliphatic carbocycles. The van der Waals surface area contributed by atoms with Crippen molar-refractivity contribution >= 4 is 27.6 Å². The summed E-state index contributed by atoms with van der Waals surface area (Å²) in [4.78, 5) is 11.2. The molecule has 0 atom stereocenters. The van der Waals surface area contributed by atoms with Crippen LogP contribution in [-0.2, 0) is 15.1 Å². The first-order valence-corrected chi connectivity index (χ1v) is 6.27. The van der Waals surface area contributed by atoms with Gasteiger partial charge in [-0.3, -0.25) is 9.35 Å². The normalized spacial score (nSPS) is 11.3. The average Bonchev–Trinajstić information content (AvgIpc) is 2.36. The van der Waals surface area contributed by atoms with E-state index in [-0.39, 0.29) is 11.4 Å². The zero-order valence-electron chi connectivity index (χ0n) is 9.90. The van der Waals surface area contributed by atoms with Gasteiger partial charge in [-0.05, 0) is 22.7 Å². The molecule has 2 N–H and O–H groups in total. The SMILES string of the molecule is C=CC(=O)Nc1ccc(N=NS(=O)(=O)O)cc1OC. The Kier molecular flexibility index (Phi) is 4.73. The third-order valence-corrected chi connectivity index (χ3v) is 2.18. The number of nitrogens with zero attached hydrogens (tertiary/aromatic N) is 2. The van der Waals surface area contributed by atoms with Crippen LogP contribution < -0.4 is 10.1 Å². The van der Waals surface area contributed by atoms with Crippen molar-refractivity contribution in [2.45, 2.75) is 0 Å². The van der Waals surface area contributed by atoms with E-state index in [1.54, 1.807) is 0 Å². The number of hydrogen-bond acceptors (Lipinski definition) is 5. The molecule has 0 unspecified atom stereocenters. The molecule has 19 heavy (non-hydrogen) atoms. The summed E-state index contributed by atoms with van der Waals surface area (Å²) in [6, 6.07) is 4.17. The summed E-state index contributed by atoms with van der Waals surface area (Å²) in [5.74, 6) is -0.174. The largest absolute Gasteiger partial charge is 0.494 e. The first-order chi connectivity index (χ1) is 8.85. The first-order valence-electron chi connectivity index (χ1n) is 4.87. The third-order valence-electron chi connectivity index (χ3n) is 1.89. The van der Waals surface area contributed by atoms with Gasteiger partial charge in [0.25, 0.3) is 0 Å². The first kappa shape index (κ1) is 14.8. The Morgan fingerprint density at radius 3 is 2.74 bits per heavy atom. The lowest BCUT2D eigenvalue weighted by Gasteiger charge is -2.08. The number of rotatable bonds is 5. The van der Waals surface area contributed by atoms with E-state index in [1.165, 1.54) is 25.3 Å². The van der Waals surface area contributed by atoms with Crippen molar-refractivity contribution in [2.75, 3.05) is 12.4 Å². The molecule has 0 saturated carbocycles. The van der Waals surface area contributed by atoms with Crippen molar-refractivity contribution in [3.05, 3.63) is 30.9 Å². The molecule has 0 fully saturated rings. The van der Waals surface area contributed by atoms with Gasteiger partial charge in [0.1, 0.15) is 5.75 Å². The number of methoxy groups -OCH3 is 1. The molecule has 1 amide bonds. The molecule has 1 aromatic carbocycles. The minimum Gasteiger partial charge on any atom is -0.494 e. The number of hydrogen-bond donors (Lipinski definition) is 2. The number of ether oxygens (including phenoxy) is 1. The summed E-state index contributed by atoms with van der Waals surface area (Å²) in [5.41, 5.74) is 0.490. The van der Waals surface area contributed by atoms with Crippen molar-refractivity contribution in [2.24, 2.45) is 9.63 Å². The molecule has 0 radical (unpaired) electrons. The fraction of sp³-hybridized carbons (Fsp3) is 0.100. The van der Waals surface area contributed by atoms with Crippen LogP contribution in [0.4, 0.5) is 11.4 Å². The topological polar surface area (TPSA) is 117 Å². The monoisotopic (exact) mass is 285 g/mol. The predicted molar refractivity (Wildman–Crippen MR) is 67.9 cm³/mol. The van der Waals surface area contributed by atoms with E-state index in [4.69, 9.17) is 9.29 Å². The molecule has 1 aromatic rings. The molecule has 1 rings (SSSR count). The van der Waals surface area contributed by atoms with Crippen LogP contribution >= 0.6 is 0 Å². The molecule has 0 bridgehead atoms. The number of nitrogens with one attached hydrogen (secondary N) is 1. The van der Waals surface area contributed by atoms with Crippen LogP contribution in [0.15, 0.2) is 40.5 Å². The van der Waals surface area contributed by atoms with Crippen molar-refractivity contribution in [3.8, 4) is 5.75 Å². The smallest absolute Gasteiger partial charge is 0.396 e. The second-order valence-corrected chi connectivity index (χ2v) is 4.27. The predicted octanol–water partition coefficient (Wildman–Crippen LogP) is 1.71. The molecule has 0 aliphatic heterocycles. The van der Waals surface area contributed by atoms with Gasteiger partial charge in [0.2, 0.25) is 5.91 Å². The molecule has 8 nitrogen and oxygen atoms in total. The lowest BCUT2D eigenvalue weighted by molar-refractivity contribution is -0.111. The summed E-state index contributed by atoms with van der Waals surface area (Å²) < 4.78 is 36.9. The quantitative estimate of drug-likeness (QED) is 0.485. The lowest BCUT2D eigenvalue weighted by Crippen LogP contribution is -2.08. The van der Waals surface area contributed by atoms with E-state index >= 15 is 0 Å². The summed E-state index contributed by atoms with van der Waals surface area (Å²) in [5, 5.41) is 5.79. The number of carbonyl (C=O) groups excluding carboxylic acids is 1. The molecule has 0 saturated heterocycles. The van der Waals surface area contributed by atoms with E-state index < -0.39 is 16.2 Å². The number of benzene rings is 1. The van der Waals surface area contributed by atoms with Crippen LogP contribution in [0.1, 0.15) is 0 Å². The van der Waals surface area contributed by atoms with Gasteiger partial charge in [0.05, 0.1) is 18.5 Å². The second kappa shape index (κ2) is 6.07. The average molecular weight is 285 g/mol. The maximum Gasteiger partial charge on any atom is 0.396 e. The lowest BCUT2D eigenvalue weighted by atomic mass is 10.2. The van der Waals surface area contributed by atoms with E-state index in [9.17, 15) is 13.2 Å². The van der Waals surface area contributed by atoms with E-state index in [1.807, 2.05) is 0 Å². The zero-order valence-corrected chi connectivity index (χ0v) is 10.7. The fourth-order valence-corrected chi connectivity index (χ4v) is 1.33. The number of anilines is 1. The molecule has 0 heterocycles. The van der Waals surface area contributed by atoms with Gasteiger partial charge in [-0.15, -0.1) is 5.11 Å². The van der Waals surface area contributed by atoms with Gasteiger partial charge >= 0.3 is 10.3 Å². The minimum atomic E-state index is -4.54. The number of amides is 1. The van der Waals surface area contributed by atoms with Gasteiger partial charge < -0.3 is 10.1 Å². The van der Waals surface area contributed by atoms with E-state index in [0.29, 0.717) is 5.69 Å². The minimum absolute atomic E-state index is 0.131. The zero-order chi connectivity index (χ0) is 14.5. The molecule has 0 aromatic heterocycles. The molecular weight excluding hydrogens is 274 g/mol. The van der Waals surface area contributed by atoms with Gasteiger partial charge in [0.15, 0.2) is 0 Å². The highest BCUT2D eigenvalue weighted by Gasteiger charge is 2.07. The molecule has 102 valence electrons. The Balaban J connectivity index is 3.05. The standard InChI is InChI=1S/C10H11N3O5S/c1-3-10(14)11-8-5-4-7(6-9(8)18-2)12-13-19(15,16)17/h3-6H,1H2,2H3,(H,11,14)(H,15,16,17). The molecular formula is C10H11N3O5S. The van der Waals surface area contributed by atoms with Crippen LogP contribution in [0.25, 0.3) is 0 Å². The van der Waals surface area contributed by atoms with Crippen molar-refractivity contribution in [3.63, 3.8) is 0 Å². The Bertz CT molecular complexity index is 624.